The summed E-state index contributed by atoms with van der Waals surface area (Å²) in [6.07, 6.45) is 8.00. The summed E-state index contributed by atoms with van der Waals surface area (Å²) in [5, 5.41) is 0. The smallest absolute Gasteiger partial charge is 0.242 e. The molecule has 7 nitrogen and oxygen atoms in total. The molecule has 1 N–H and O–H groups in total. The van der Waals surface area contributed by atoms with Gasteiger partial charge in [-0.1, -0.05) is 6.07 Å². The lowest BCUT2D eigenvalue weighted by Crippen LogP contribution is -2.27. The molecular weight excluding hydrogens is 314 g/mol. The minimum Gasteiger partial charge on any atom is -0.328 e. The van der Waals surface area contributed by atoms with E-state index in [2.05, 4.69) is 19.7 Å². The molecule has 0 saturated heterocycles. The zero-order valence-electron chi connectivity index (χ0n) is 12.2. The summed E-state index contributed by atoms with van der Waals surface area (Å²) in [6.45, 7) is 0.693. The van der Waals surface area contributed by atoms with Crippen LogP contribution in [-0.4, -0.2) is 34.5 Å². The van der Waals surface area contributed by atoms with Crippen molar-refractivity contribution in [1.82, 2.24) is 24.2 Å². The van der Waals surface area contributed by atoms with Crippen LogP contribution < -0.4 is 4.72 Å². The standard InChI is InChI=1S/C15H15N5O2S/c21-23(22,13-4-3-6-16-12-13)19-9-11-20-10-8-18-15(20)14-5-1-2-7-17-14/h1-8,10,12,19H,9,11H2. The van der Waals surface area contributed by atoms with Crippen LogP contribution in [-0.2, 0) is 16.6 Å². The van der Waals surface area contributed by atoms with E-state index < -0.39 is 10.0 Å². The second-order valence-electron chi connectivity index (χ2n) is 4.75. The largest absolute Gasteiger partial charge is 0.328 e. The molecule has 0 fully saturated rings. The first-order chi connectivity index (χ1) is 11.2. The molecule has 8 heteroatoms. The third-order valence-electron chi connectivity index (χ3n) is 3.20. The first-order valence-electron chi connectivity index (χ1n) is 6.99. The van der Waals surface area contributed by atoms with Gasteiger partial charge in [0.05, 0.1) is 0 Å². The van der Waals surface area contributed by atoms with E-state index in [1.807, 2.05) is 22.8 Å². The normalized spacial score (nSPS) is 11.5. The quantitative estimate of drug-likeness (QED) is 0.736. The average Bonchev–Trinajstić information content (AvgIpc) is 3.05. The number of rotatable bonds is 6. The molecule has 0 unspecified atom stereocenters. The van der Waals surface area contributed by atoms with Crippen LogP contribution in [0.3, 0.4) is 0 Å². The summed E-state index contributed by atoms with van der Waals surface area (Å²) in [4.78, 5) is 12.5. The Bertz CT molecular complexity index is 863. The first kappa shape index (κ1) is 15.3. The van der Waals surface area contributed by atoms with Gasteiger partial charge in [-0.15, -0.1) is 0 Å². The number of hydrogen-bond acceptors (Lipinski definition) is 5. The SMILES string of the molecule is O=S(=O)(NCCn1ccnc1-c1ccccn1)c1cccnc1. The summed E-state index contributed by atoms with van der Waals surface area (Å²) in [5.74, 6) is 0.700. The topological polar surface area (TPSA) is 89.8 Å². The number of aromatic nitrogens is 4. The lowest BCUT2D eigenvalue weighted by molar-refractivity contribution is 0.573. The summed E-state index contributed by atoms with van der Waals surface area (Å²) < 4.78 is 28.7. The van der Waals surface area contributed by atoms with Gasteiger partial charge < -0.3 is 4.57 Å². The maximum absolute atomic E-state index is 12.1. The van der Waals surface area contributed by atoms with E-state index in [0.29, 0.717) is 12.4 Å². The molecule has 3 aromatic heterocycles. The van der Waals surface area contributed by atoms with Gasteiger partial charge in [-0.05, 0) is 24.3 Å². The fourth-order valence-electron chi connectivity index (χ4n) is 2.11. The molecule has 3 aromatic rings. The highest BCUT2D eigenvalue weighted by Crippen LogP contribution is 2.13. The van der Waals surface area contributed by atoms with Gasteiger partial charge in [0.15, 0.2) is 5.82 Å². The maximum Gasteiger partial charge on any atom is 0.242 e. The van der Waals surface area contributed by atoms with Gasteiger partial charge in [-0.3, -0.25) is 9.97 Å². The van der Waals surface area contributed by atoms with Gasteiger partial charge >= 0.3 is 0 Å². The van der Waals surface area contributed by atoms with E-state index in [0.717, 1.165) is 5.69 Å². The van der Waals surface area contributed by atoms with E-state index in [4.69, 9.17) is 0 Å². The van der Waals surface area contributed by atoms with Crippen LogP contribution >= 0.6 is 0 Å². The highest BCUT2D eigenvalue weighted by atomic mass is 32.2. The fraction of sp³-hybridized carbons (Fsp3) is 0.133. The van der Waals surface area contributed by atoms with Gasteiger partial charge in [0.1, 0.15) is 10.6 Å². The monoisotopic (exact) mass is 329 g/mol. The number of imidazole rings is 1. The van der Waals surface area contributed by atoms with E-state index in [-0.39, 0.29) is 11.4 Å². The molecule has 0 bridgehead atoms. The van der Waals surface area contributed by atoms with Crippen LogP contribution in [0.2, 0.25) is 0 Å². The first-order valence-corrected chi connectivity index (χ1v) is 8.47. The number of hydrogen-bond donors (Lipinski definition) is 1. The van der Waals surface area contributed by atoms with Gasteiger partial charge in [-0.25, -0.2) is 18.1 Å². The van der Waals surface area contributed by atoms with Crippen LogP contribution in [0.5, 0.6) is 0 Å². The summed E-state index contributed by atoms with van der Waals surface area (Å²) in [6, 6.07) is 8.67. The van der Waals surface area contributed by atoms with Gasteiger partial charge in [-0.2, -0.15) is 0 Å². The van der Waals surface area contributed by atoms with Crippen molar-refractivity contribution in [1.29, 1.82) is 0 Å². The average molecular weight is 329 g/mol. The van der Waals surface area contributed by atoms with Gasteiger partial charge in [0.25, 0.3) is 0 Å². The third-order valence-corrected chi connectivity index (χ3v) is 4.65. The van der Waals surface area contributed by atoms with E-state index in [1.165, 1.54) is 18.5 Å². The third kappa shape index (κ3) is 3.61. The van der Waals surface area contributed by atoms with E-state index in [1.54, 1.807) is 24.7 Å². The number of nitrogens with zero attached hydrogens (tertiary/aromatic N) is 4. The number of sulfonamides is 1. The second-order valence-corrected chi connectivity index (χ2v) is 6.51. The van der Waals surface area contributed by atoms with E-state index in [9.17, 15) is 8.42 Å². The molecule has 3 rings (SSSR count). The predicted octanol–water partition coefficient (Wildman–Crippen LogP) is 1.32. The summed E-state index contributed by atoms with van der Waals surface area (Å²) >= 11 is 0. The molecule has 23 heavy (non-hydrogen) atoms. The van der Waals surface area contributed by atoms with Crippen molar-refractivity contribution < 1.29 is 8.42 Å². The minimum atomic E-state index is -3.55. The fourth-order valence-corrected chi connectivity index (χ4v) is 3.09. The second kappa shape index (κ2) is 6.67. The van der Waals surface area contributed by atoms with Crippen LogP contribution in [0.25, 0.3) is 11.5 Å². The molecule has 0 radical (unpaired) electrons. The Morgan fingerprint density at radius 3 is 2.70 bits per heavy atom. The Labute approximate surface area is 134 Å². The molecule has 118 valence electrons. The predicted molar refractivity (Wildman–Crippen MR) is 84.9 cm³/mol. The van der Waals surface area contributed by atoms with Crippen LogP contribution in [0.15, 0.2) is 66.2 Å². The van der Waals surface area contributed by atoms with Crippen molar-refractivity contribution in [2.24, 2.45) is 0 Å². The van der Waals surface area contributed by atoms with Crippen molar-refractivity contribution in [2.45, 2.75) is 11.4 Å². The molecule has 0 aromatic carbocycles. The Hall–Kier alpha value is -2.58. The molecule has 0 aliphatic heterocycles. The highest BCUT2D eigenvalue weighted by molar-refractivity contribution is 7.89. The Morgan fingerprint density at radius 2 is 1.96 bits per heavy atom. The zero-order chi connectivity index (χ0) is 16.1. The Kier molecular flexibility index (Phi) is 4.45. The van der Waals surface area contributed by atoms with Gasteiger partial charge in [0, 0.05) is 44.1 Å². The zero-order valence-corrected chi connectivity index (χ0v) is 13.0. The van der Waals surface area contributed by atoms with Crippen molar-refractivity contribution in [3.05, 3.63) is 61.3 Å². The molecular formula is C15H15N5O2S. The molecule has 0 atom stereocenters. The van der Waals surface area contributed by atoms with Crippen LogP contribution in [0, 0.1) is 0 Å². The van der Waals surface area contributed by atoms with Crippen LogP contribution in [0.4, 0.5) is 0 Å². The van der Waals surface area contributed by atoms with Gasteiger partial charge in [0.2, 0.25) is 10.0 Å². The molecule has 0 saturated carbocycles. The van der Waals surface area contributed by atoms with Crippen molar-refractivity contribution >= 4 is 10.0 Å². The number of pyridine rings is 2. The minimum absolute atomic E-state index is 0.149. The maximum atomic E-state index is 12.1. The molecule has 0 aliphatic rings. The summed E-state index contributed by atoms with van der Waals surface area (Å²) in [7, 11) is -3.55. The molecule has 0 amide bonds. The molecule has 0 spiro atoms. The highest BCUT2D eigenvalue weighted by Gasteiger charge is 2.13. The lowest BCUT2D eigenvalue weighted by Gasteiger charge is -2.09. The van der Waals surface area contributed by atoms with Crippen LogP contribution in [0.1, 0.15) is 0 Å². The van der Waals surface area contributed by atoms with E-state index >= 15 is 0 Å². The van der Waals surface area contributed by atoms with Crippen molar-refractivity contribution in [3.8, 4) is 11.5 Å². The Balaban J connectivity index is 1.68. The molecule has 3 heterocycles. The number of nitrogens with one attached hydrogen (secondary N) is 1. The van der Waals surface area contributed by atoms with Crippen molar-refractivity contribution in [3.63, 3.8) is 0 Å². The summed E-state index contributed by atoms with van der Waals surface area (Å²) in [5.41, 5.74) is 0.743. The Morgan fingerprint density at radius 1 is 1.04 bits per heavy atom. The molecule has 0 aliphatic carbocycles. The lowest BCUT2D eigenvalue weighted by atomic mass is 10.3. The van der Waals surface area contributed by atoms with Crippen molar-refractivity contribution in [2.75, 3.05) is 6.54 Å².